The Morgan fingerprint density at radius 1 is 1.12 bits per heavy atom. The number of rotatable bonds is 6. The van der Waals surface area contributed by atoms with E-state index in [4.69, 9.17) is 9.47 Å². The van der Waals surface area contributed by atoms with Gasteiger partial charge in [-0.05, 0) is 24.6 Å². The number of carbonyl (C=O) groups excluding carboxylic acids is 1. The van der Waals surface area contributed by atoms with Gasteiger partial charge in [0.1, 0.15) is 17.1 Å². The van der Waals surface area contributed by atoms with Crippen LogP contribution in [-0.4, -0.2) is 31.9 Å². The van der Waals surface area contributed by atoms with Crippen LogP contribution in [0.4, 0.5) is 10.5 Å². The fourth-order valence-corrected chi connectivity index (χ4v) is 2.22. The van der Waals surface area contributed by atoms with Gasteiger partial charge in [-0.3, -0.25) is 0 Å². The van der Waals surface area contributed by atoms with E-state index in [0.29, 0.717) is 17.2 Å². The zero-order valence-electron chi connectivity index (χ0n) is 14.0. The highest BCUT2D eigenvalue weighted by Gasteiger charge is 2.23. The molecule has 0 spiro atoms. The third-order valence-electron chi connectivity index (χ3n) is 3.65. The second-order valence-corrected chi connectivity index (χ2v) is 5.51. The fraction of sp³-hybridized carbons (Fsp3) is 0.278. The Morgan fingerprint density at radius 2 is 1.83 bits per heavy atom. The van der Waals surface area contributed by atoms with Crippen LogP contribution < -0.4 is 20.1 Å². The number of nitrogens with one attached hydrogen (secondary N) is 2. The summed E-state index contributed by atoms with van der Waals surface area (Å²) in [7, 11) is 3.07. The van der Waals surface area contributed by atoms with Crippen molar-refractivity contribution < 1.29 is 19.4 Å². The van der Waals surface area contributed by atoms with Gasteiger partial charge in [-0.1, -0.05) is 30.3 Å². The van der Waals surface area contributed by atoms with Crippen molar-refractivity contribution in [2.24, 2.45) is 0 Å². The lowest BCUT2D eigenvalue weighted by Gasteiger charge is -2.24. The monoisotopic (exact) mass is 330 g/mol. The van der Waals surface area contributed by atoms with Crippen LogP contribution in [-0.2, 0) is 5.60 Å². The van der Waals surface area contributed by atoms with Crippen molar-refractivity contribution in [2.75, 3.05) is 26.1 Å². The molecule has 2 aromatic rings. The first kappa shape index (κ1) is 17.6. The average molecular weight is 330 g/mol. The number of benzene rings is 2. The van der Waals surface area contributed by atoms with Crippen LogP contribution in [0.2, 0.25) is 0 Å². The average Bonchev–Trinajstić information content (AvgIpc) is 2.61. The van der Waals surface area contributed by atoms with Crippen LogP contribution in [0.1, 0.15) is 12.5 Å². The highest BCUT2D eigenvalue weighted by Crippen LogP contribution is 2.29. The van der Waals surface area contributed by atoms with E-state index in [9.17, 15) is 9.90 Å². The van der Waals surface area contributed by atoms with Gasteiger partial charge in [0.25, 0.3) is 0 Å². The van der Waals surface area contributed by atoms with Crippen molar-refractivity contribution in [2.45, 2.75) is 12.5 Å². The summed E-state index contributed by atoms with van der Waals surface area (Å²) in [5.41, 5.74) is 0.0743. The summed E-state index contributed by atoms with van der Waals surface area (Å²) < 4.78 is 10.3. The molecule has 6 nitrogen and oxygen atoms in total. The number of hydrogen-bond donors (Lipinski definition) is 3. The van der Waals surface area contributed by atoms with E-state index in [0.717, 1.165) is 5.56 Å². The molecule has 0 aromatic heterocycles. The van der Waals surface area contributed by atoms with E-state index in [2.05, 4.69) is 10.6 Å². The van der Waals surface area contributed by atoms with Crippen molar-refractivity contribution in [3.63, 3.8) is 0 Å². The van der Waals surface area contributed by atoms with Gasteiger partial charge < -0.3 is 25.2 Å². The lowest BCUT2D eigenvalue weighted by Crippen LogP contribution is -2.40. The van der Waals surface area contributed by atoms with Gasteiger partial charge in [-0.15, -0.1) is 0 Å². The predicted molar refractivity (Wildman–Crippen MR) is 92.6 cm³/mol. The first-order valence-electron chi connectivity index (χ1n) is 7.51. The van der Waals surface area contributed by atoms with Crippen LogP contribution in [0.5, 0.6) is 11.5 Å². The number of methoxy groups -OCH3 is 2. The highest BCUT2D eigenvalue weighted by molar-refractivity contribution is 5.91. The standard InChI is InChI=1S/C18H22N2O4/c1-18(22,13-7-5-4-6-8-13)12-19-17(21)20-15-10-9-14(23-2)11-16(15)24-3/h4-11,22H,12H2,1-3H3,(H2,19,20,21)/t18-/m1/s1. The van der Waals surface area contributed by atoms with Gasteiger partial charge in [0, 0.05) is 6.07 Å². The third kappa shape index (κ3) is 4.39. The van der Waals surface area contributed by atoms with Gasteiger partial charge >= 0.3 is 6.03 Å². The summed E-state index contributed by atoms with van der Waals surface area (Å²) in [6.07, 6.45) is 0. The minimum Gasteiger partial charge on any atom is -0.497 e. The Kier molecular flexibility index (Phi) is 5.65. The first-order chi connectivity index (χ1) is 11.5. The number of anilines is 1. The summed E-state index contributed by atoms with van der Waals surface area (Å²) in [6, 6.07) is 13.8. The molecular weight excluding hydrogens is 308 g/mol. The molecule has 0 unspecified atom stereocenters. The minimum atomic E-state index is -1.16. The Balaban J connectivity index is 1.99. The number of amides is 2. The molecule has 0 fully saturated rings. The summed E-state index contributed by atoms with van der Waals surface area (Å²) in [4.78, 5) is 12.1. The van der Waals surface area contributed by atoms with Crippen LogP contribution in [0, 0.1) is 0 Å². The second kappa shape index (κ2) is 7.70. The van der Waals surface area contributed by atoms with Gasteiger partial charge in [-0.2, -0.15) is 0 Å². The van der Waals surface area contributed by atoms with Gasteiger partial charge in [-0.25, -0.2) is 4.79 Å². The number of carbonyl (C=O) groups is 1. The summed E-state index contributed by atoms with van der Waals surface area (Å²) >= 11 is 0. The number of hydrogen-bond acceptors (Lipinski definition) is 4. The van der Waals surface area contributed by atoms with Gasteiger partial charge in [0.2, 0.25) is 0 Å². The molecular formula is C18H22N2O4. The second-order valence-electron chi connectivity index (χ2n) is 5.51. The maximum atomic E-state index is 12.1. The van der Waals surface area contributed by atoms with Crippen LogP contribution in [0.3, 0.4) is 0 Å². The summed E-state index contributed by atoms with van der Waals surface area (Å²) in [5, 5.41) is 15.8. The van der Waals surface area contributed by atoms with Crippen molar-refractivity contribution in [1.29, 1.82) is 0 Å². The summed E-state index contributed by atoms with van der Waals surface area (Å²) in [5.74, 6) is 1.11. The Labute approximate surface area is 141 Å². The largest absolute Gasteiger partial charge is 0.497 e. The normalized spacial score (nSPS) is 12.8. The van der Waals surface area contributed by atoms with Crippen molar-refractivity contribution >= 4 is 11.7 Å². The van der Waals surface area contributed by atoms with E-state index < -0.39 is 11.6 Å². The number of ether oxygens (including phenoxy) is 2. The molecule has 1 atom stereocenters. The highest BCUT2D eigenvalue weighted by atomic mass is 16.5. The predicted octanol–water partition coefficient (Wildman–Crippen LogP) is 2.73. The quantitative estimate of drug-likeness (QED) is 0.761. The molecule has 2 aromatic carbocycles. The van der Waals surface area contributed by atoms with Crippen molar-refractivity contribution in [3.05, 3.63) is 54.1 Å². The molecule has 6 heteroatoms. The van der Waals surface area contributed by atoms with E-state index in [1.54, 1.807) is 32.2 Å². The van der Waals surface area contributed by atoms with E-state index >= 15 is 0 Å². The number of urea groups is 1. The third-order valence-corrected chi connectivity index (χ3v) is 3.65. The molecule has 0 aliphatic rings. The topological polar surface area (TPSA) is 79.8 Å². The lowest BCUT2D eigenvalue weighted by molar-refractivity contribution is 0.0599. The molecule has 0 saturated carbocycles. The van der Waals surface area contributed by atoms with Gasteiger partial charge in [0.05, 0.1) is 26.5 Å². The fourth-order valence-electron chi connectivity index (χ4n) is 2.22. The first-order valence-corrected chi connectivity index (χ1v) is 7.51. The molecule has 0 heterocycles. The smallest absolute Gasteiger partial charge is 0.319 e. The molecule has 2 amide bonds. The Bertz CT molecular complexity index is 687. The zero-order chi connectivity index (χ0) is 17.6. The minimum absolute atomic E-state index is 0.0708. The Morgan fingerprint density at radius 3 is 2.46 bits per heavy atom. The zero-order valence-corrected chi connectivity index (χ0v) is 14.0. The summed E-state index contributed by atoms with van der Waals surface area (Å²) in [6.45, 7) is 1.72. The van der Waals surface area contributed by atoms with Crippen LogP contribution >= 0.6 is 0 Å². The Hall–Kier alpha value is -2.73. The molecule has 2 rings (SSSR count). The molecule has 0 aliphatic heterocycles. The van der Waals surface area contributed by atoms with E-state index in [1.807, 2.05) is 30.3 Å². The van der Waals surface area contributed by atoms with E-state index in [1.165, 1.54) is 7.11 Å². The molecule has 0 aliphatic carbocycles. The van der Waals surface area contributed by atoms with Crippen LogP contribution in [0.25, 0.3) is 0 Å². The van der Waals surface area contributed by atoms with Crippen molar-refractivity contribution in [3.8, 4) is 11.5 Å². The molecule has 0 radical (unpaired) electrons. The lowest BCUT2D eigenvalue weighted by atomic mass is 9.96. The molecule has 3 N–H and O–H groups in total. The number of aliphatic hydroxyl groups is 1. The molecule has 128 valence electrons. The van der Waals surface area contributed by atoms with Crippen LogP contribution in [0.15, 0.2) is 48.5 Å². The molecule has 0 bridgehead atoms. The maximum Gasteiger partial charge on any atom is 0.319 e. The van der Waals surface area contributed by atoms with E-state index in [-0.39, 0.29) is 6.54 Å². The SMILES string of the molecule is COc1ccc(NC(=O)NC[C@@](C)(O)c2ccccc2)c(OC)c1. The van der Waals surface area contributed by atoms with Crippen molar-refractivity contribution in [1.82, 2.24) is 5.32 Å². The maximum absolute atomic E-state index is 12.1. The molecule has 0 saturated heterocycles. The van der Waals surface area contributed by atoms with Gasteiger partial charge in [0.15, 0.2) is 0 Å². The molecule has 24 heavy (non-hydrogen) atoms.